The molecule has 0 unspecified atom stereocenters. The minimum atomic E-state index is -0.491. The van der Waals surface area contributed by atoms with Gasteiger partial charge in [-0.05, 0) is 55.0 Å². The van der Waals surface area contributed by atoms with Gasteiger partial charge >= 0.3 is 0 Å². The van der Waals surface area contributed by atoms with Gasteiger partial charge in [-0.2, -0.15) is 0 Å². The van der Waals surface area contributed by atoms with Crippen LogP contribution in [-0.4, -0.2) is 18.9 Å². The highest BCUT2D eigenvalue weighted by atomic mass is 79.9. The van der Waals surface area contributed by atoms with Crippen LogP contribution in [0.5, 0.6) is 5.75 Å². The second kappa shape index (κ2) is 8.27. The first-order chi connectivity index (χ1) is 12.9. The first-order valence-corrected chi connectivity index (χ1v) is 10.3. The van der Waals surface area contributed by atoms with Crippen molar-refractivity contribution >= 4 is 50.2 Å². The molecule has 5 nitrogen and oxygen atoms in total. The summed E-state index contributed by atoms with van der Waals surface area (Å²) in [4.78, 5) is 25.5. The first-order valence-electron chi connectivity index (χ1n) is 8.66. The second-order valence-electron chi connectivity index (χ2n) is 6.63. The van der Waals surface area contributed by atoms with E-state index >= 15 is 0 Å². The van der Waals surface area contributed by atoms with E-state index in [-0.39, 0.29) is 5.91 Å². The highest BCUT2D eigenvalue weighted by molar-refractivity contribution is 9.10. The van der Waals surface area contributed by atoms with Crippen LogP contribution >= 0.6 is 27.3 Å². The van der Waals surface area contributed by atoms with Gasteiger partial charge in [-0.3, -0.25) is 9.59 Å². The molecule has 2 aromatic rings. The standard InChI is InChI=1S/C20H21BrN2O3S/c1-11-3-6-14-16(9-11)27-20(18(14)19(22)25)23-17(24)8-4-12-10-13(21)5-7-15(12)26-2/h4-5,7-8,10-11H,3,6,9H2,1-2H3,(H2,22,25)(H,23,24)/b8-4+/t11-/m1/s1. The molecule has 142 valence electrons. The molecule has 1 atom stereocenters. The molecule has 1 aliphatic rings. The fourth-order valence-corrected chi connectivity index (χ4v) is 5.05. The Bertz CT molecular complexity index is 920. The summed E-state index contributed by atoms with van der Waals surface area (Å²) in [6.07, 6.45) is 5.88. The van der Waals surface area contributed by atoms with Crippen molar-refractivity contribution in [2.75, 3.05) is 12.4 Å². The lowest BCUT2D eigenvalue weighted by Gasteiger charge is -2.18. The third kappa shape index (κ3) is 4.42. The minimum Gasteiger partial charge on any atom is -0.496 e. The molecule has 0 aliphatic heterocycles. The van der Waals surface area contributed by atoms with Crippen molar-refractivity contribution in [1.29, 1.82) is 0 Å². The summed E-state index contributed by atoms with van der Waals surface area (Å²) in [6.45, 7) is 2.19. The molecule has 1 aromatic heterocycles. The van der Waals surface area contributed by atoms with Crippen LogP contribution < -0.4 is 15.8 Å². The topological polar surface area (TPSA) is 81.4 Å². The van der Waals surface area contributed by atoms with Crippen molar-refractivity contribution in [2.24, 2.45) is 11.7 Å². The molecule has 0 saturated carbocycles. The van der Waals surface area contributed by atoms with Gasteiger partial charge in [-0.25, -0.2) is 0 Å². The van der Waals surface area contributed by atoms with Crippen molar-refractivity contribution in [3.63, 3.8) is 0 Å². The zero-order valence-corrected chi connectivity index (χ0v) is 17.6. The number of anilines is 1. The number of carbonyl (C=O) groups excluding carboxylic acids is 2. The van der Waals surface area contributed by atoms with E-state index < -0.39 is 5.91 Å². The van der Waals surface area contributed by atoms with Gasteiger partial charge in [0.25, 0.3) is 5.91 Å². The SMILES string of the molecule is COc1ccc(Br)cc1/C=C/C(=O)Nc1sc2c(c1C(N)=O)CC[C@@H](C)C2. The van der Waals surface area contributed by atoms with Gasteiger partial charge in [0.1, 0.15) is 10.8 Å². The quantitative estimate of drug-likeness (QED) is 0.665. The van der Waals surface area contributed by atoms with Crippen molar-refractivity contribution in [3.8, 4) is 5.75 Å². The van der Waals surface area contributed by atoms with Crippen LogP contribution in [0.1, 0.15) is 39.7 Å². The third-order valence-electron chi connectivity index (χ3n) is 4.60. The first kappa shape index (κ1) is 19.6. The van der Waals surface area contributed by atoms with Crippen molar-refractivity contribution in [2.45, 2.75) is 26.2 Å². The molecule has 3 N–H and O–H groups in total. The number of fused-ring (bicyclic) bond motifs is 1. The molecule has 1 aliphatic carbocycles. The number of carbonyl (C=O) groups is 2. The minimum absolute atomic E-state index is 0.314. The van der Waals surface area contributed by atoms with Crippen molar-refractivity contribution in [1.82, 2.24) is 0 Å². The predicted molar refractivity (Wildman–Crippen MR) is 112 cm³/mol. The van der Waals surface area contributed by atoms with Crippen LogP contribution in [0.2, 0.25) is 0 Å². The van der Waals surface area contributed by atoms with E-state index in [2.05, 4.69) is 28.2 Å². The molecule has 0 bridgehead atoms. The zero-order valence-electron chi connectivity index (χ0n) is 15.2. The summed E-state index contributed by atoms with van der Waals surface area (Å²) in [7, 11) is 1.58. The molecule has 0 fully saturated rings. The lowest BCUT2D eigenvalue weighted by atomic mass is 9.88. The number of hydrogen-bond acceptors (Lipinski definition) is 4. The van der Waals surface area contributed by atoms with Crippen LogP contribution in [0.3, 0.4) is 0 Å². The van der Waals surface area contributed by atoms with E-state index in [1.807, 2.05) is 18.2 Å². The maximum atomic E-state index is 12.4. The Morgan fingerprint density at radius 1 is 1.41 bits per heavy atom. The number of thiophene rings is 1. The van der Waals surface area contributed by atoms with Gasteiger partial charge in [-0.15, -0.1) is 11.3 Å². The van der Waals surface area contributed by atoms with Crippen molar-refractivity contribution < 1.29 is 14.3 Å². The number of methoxy groups -OCH3 is 1. The van der Waals surface area contributed by atoms with E-state index in [1.54, 1.807) is 13.2 Å². The zero-order chi connectivity index (χ0) is 19.6. The molecule has 7 heteroatoms. The molecular formula is C20H21BrN2O3S. The highest BCUT2D eigenvalue weighted by Gasteiger charge is 2.26. The van der Waals surface area contributed by atoms with Gasteiger partial charge in [0.2, 0.25) is 5.91 Å². The molecule has 0 radical (unpaired) electrons. The van der Waals surface area contributed by atoms with Crippen LogP contribution in [0, 0.1) is 5.92 Å². The average Bonchev–Trinajstić information content (AvgIpc) is 2.97. The number of ether oxygens (including phenoxy) is 1. The predicted octanol–water partition coefficient (Wildman–Crippen LogP) is 4.39. The van der Waals surface area contributed by atoms with Crippen LogP contribution in [0.25, 0.3) is 6.08 Å². The third-order valence-corrected chi connectivity index (χ3v) is 6.26. The molecule has 1 heterocycles. The van der Waals surface area contributed by atoms with Gasteiger partial charge in [-0.1, -0.05) is 22.9 Å². The fourth-order valence-electron chi connectivity index (χ4n) is 3.25. The lowest BCUT2D eigenvalue weighted by molar-refractivity contribution is -0.111. The monoisotopic (exact) mass is 448 g/mol. The molecule has 2 amide bonds. The van der Waals surface area contributed by atoms with E-state index in [1.165, 1.54) is 17.4 Å². The number of nitrogens with two attached hydrogens (primary N) is 1. The number of rotatable bonds is 5. The van der Waals surface area contributed by atoms with Gasteiger partial charge in [0.15, 0.2) is 0 Å². The largest absolute Gasteiger partial charge is 0.496 e. The van der Waals surface area contributed by atoms with Crippen LogP contribution in [0.4, 0.5) is 5.00 Å². The van der Waals surface area contributed by atoms with Gasteiger partial charge in [0.05, 0.1) is 12.7 Å². The smallest absolute Gasteiger partial charge is 0.251 e. The Morgan fingerprint density at radius 3 is 2.89 bits per heavy atom. The summed E-state index contributed by atoms with van der Waals surface area (Å²) in [5.74, 6) is 0.436. The van der Waals surface area contributed by atoms with Gasteiger partial charge in [0, 0.05) is 21.0 Å². The maximum absolute atomic E-state index is 12.4. The maximum Gasteiger partial charge on any atom is 0.251 e. The highest BCUT2D eigenvalue weighted by Crippen LogP contribution is 2.39. The van der Waals surface area contributed by atoms with Crippen LogP contribution in [0.15, 0.2) is 28.7 Å². The molecule has 0 spiro atoms. The fraction of sp³-hybridized carbons (Fsp3) is 0.300. The molecular weight excluding hydrogens is 428 g/mol. The Morgan fingerprint density at radius 2 is 2.19 bits per heavy atom. The van der Waals surface area contributed by atoms with Gasteiger partial charge < -0.3 is 15.8 Å². The lowest BCUT2D eigenvalue weighted by Crippen LogP contribution is -2.18. The Hall–Kier alpha value is -2.12. The van der Waals surface area contributed by atoms with E-state index in [4.69, 9.17) is 10.5 Å². The second-order valence-corrected chi connectivity index (χ2v) is 8.65. The number of benzene rings is 1. The Labute approximate surface area is 170 Å². The van der Waals surface area contributed by atoms with E-state index in [9.17, 15) is 9.59 Å². The summed E-state index contributed by atoms with van der Waals surface area (Å²) < 4.78 is 6.19. The molecule has 0 saturated heterocycles. The Balaban J connectivity index is 1.82. The Kier molecular flexibility index (Phi) is 6.01. The summed E-state index contributed by atoms with van der Waals surface area (Å²) >= 11 is 4.86. The number of nitrogens with one attached hydrogen (secondary N) is 1. The number of amides is 2. The average molecular weight is 449 g/mol. The normalized spacial score (nSPS) is 16.2. The number of hydrogen-bond donors (Lipinski definition) is 2. The molecule has 27 heavy (non-hydrogen) atoms. The summed E-state index contributed by atoms with van der Waals surface area (Å²) in [6, 6.07) is 5.55. The number of primary amides is 1. The van der Waals surface area contributed by atoms with Crippen LogP contribution in [-0.2, 0) is 17.6 Å². The number of halogens is 1. The molecule has 1 aromatic carbocycles. The van der Waals surface area contributed by atoms with E-state index in [0.717, 1.165) is 39.7 Å². The van der Waals surface area contributed by atoms with Crippen molar-refractivity contribution in [3.05, 3.63) is 50.3 Å². The molecule has 3 rings (SSSR count). The summed E-state index contributed by atoms with van der Waals surface area (Å²) in [5.41, 5.74) is 7.82. The summed E-state index contributed by atoms with van der Waals surface area (Å²) in [5, 5.41) is 3.36. The van der Waals surface area contributed by atoms with E-state index in [0.29, 0.717) is 22.2 Å².